The Labute approximate surface area is 175 Å². The van der Waals surface area contributed by atoms with Gasteiger partial charge in [0, 0.05) is 38.3 Å². The van der Waals surface area contributed by atoms with Crippen molar-refractivity contribution in [2.45, 2.75) is 72.4 Å². The van der Waals surface area contributed by atoms with E-state index in [2.05, 4.69) is 40.9 Å². The maximum atomic E-state index is 14.6. The third-order valence-corrected chi connectivity index (χ3v) is 7.07. The minimum atomic E-state index is -0.555. The van der Waals surface area contributed by atoms with Crippen LogP contribution < -0.4 is 10.2 Å². The van der Waals surface area contributed by atoms with Gasteiger partial charge >= 0.3 is 0 Å². The van der Waals surface area contributed by atoms with Gasteiger partial charge in [0.1, 0.15) is 5.69 Å². The third kappa shape index (κ3) is 5.08. The number of amides is 1. The first-order valence-corrected chi connectivity index (χ1v) is 11.2. The van der Waals surface area contributed by atoms with Crippen LogP contribution in [0.4, 0.5) is 10.1 Å². The van der Waals surface area contributed by atoms with Gasteiger partial charge in [0.25, 0.3) is 5.91 Å². The molecule has 2 fully saturated rings. The number of pyridine rings is 1. The molecule has 6 heteroatoms. The molecule has 0 radical (unpaired) electrons. The average molecular weight is 405 g/mol. The molecule has 2 unspecified atom stereocenters. The van der Waals surface area contributed by atoms with Gasteiger partial charge < -0.3 is 10.2 Å². The lowest BCUT2D eigenvalue weighted by molar-refractivity contribution is 0.0937. The summed E-state index contributed by atoms with van der Waals surface area (Å²) in [6.07, 6.45) is 5.12. The highest BCUT2D eigenvalue weighted by atomic mass is 19.1. The second-order valence-electron chi connectivity index (χ2n) is 9.66. The van der Waals surface area contributed by atoms with E-state index in [4.69, 9.17) is 0 Å². The van der Waals surface area contributed by atoms with Crippen LogP contribution in [0, 0.1) is 17.3 Å². The number of halogens is 1. The van der Waals surface area contributed by atoms with Crippen LogP contribution >= 0.6 is 0 Å². The molecule has 3 rings (SSSR count). The Morgan fingerprint density at radius 3 is 2.52 bits per heavy atom. The van der Waals surface area contributed by atoms with Crippen molar-refractivity contribution < 1.29 is 9.18 Å². The molecular formula is C23H37FN4O. The van der Waals surface area contributed by atoms with E-state index in [0.717, 1.165) is 32.1 Å². The van der Waals surface area contributed by atoms with Crippen LogP contribution in [-0.2, 0) is 0 Å². The van der Waals surface area contributed by atoms with Crippen LogP contribution in [-0.4, -0.2) is 54.1 Å². The summed E-state index contributed by atoms with van der Waals surface area (Å²) in [6.45, 7) is 14.4. The standard InChI is InChI=1S/C23H37FN4O/c1-6-23(4,5)17-7-8-18(15-17)27-11-13-28(14-12-27)20-10-9-19(26-21(20)24)22(29)25-16(2)3/h9-10,16-18H,6-8,11-15H2,1-5H3,(H,25,29). The van der Waals surface area contributed by atoms with Crippen molar-refractivity contribution in [3.63, 3.8) is 0 Å². The van der Waals surface area contributed by atoms with E-state index in [1.54, 1.807) is 12.1 Å². The minimum absolute atomic E-state index is 0.00167. The molecule has 2 atom stereocenters. The lowest BCUT2D eigenvalue weighted by atomic mass is 9.76. The third-order valence-electron chi connectivity index (χ3n) is 7.07. The molecule has 1 saturated heterocycles. The highest BCUT2D eigenvalue weighted by molar-refractivity contribution is 5.92. The Balaban J connectivity index is 1.56. The Morgan fingerprint density at radius 2 is 1.93 bits per heavy atom. The number of rotatable bonds is 6. The van der Waals surface area contributed by atoms with Gasteiger partial charge in [-0.2, -0.15) is 4.39 Å². The Bertz CT molecular complexity index is 713. The van der Waals surface area contributed by atoms with Gasteiger partial charge in [-0.1, -0.05) is 27.2 Å². The molecule has 0 spiro atoms. The van der Waals surface area contributed by atoms with Gasteiger partial charge in [-0.25, -0.2) is 4.98 Å². The predicted molar refractivity (Wildman–Crippen MR) is 116 cm³/mol. The number of carbonyl (C=O) groups excluding carboxylic acids is 1. The summed E-state index contributed by atoms with van der Waals surface area (Å²) in [6, 6.07) is 3.98. The van der Waals surface area contributed by atoms with E-state index in [1.165, 1.54) is 25.7 Å². The molecule has 1 aliphatic heterocycles. The second-order valence-corrected chi connectivity index (χ2v) is 9.66. The highest BCUT2D eigenvalue weighted by Gasteiger charge is 2.37. The molecule has 162 valence electrons. The summed E-state index contributed by atoms with van der Waals surface area (Å²) >= 11 is 0. The molecule has 1 saturated carbocycles. The van der Waals surface area contributed by atoms with Gasteiger partial charge in [0.2, 0.25) is 5.95 Å². The molecule has 1 amide bonds. The summed E-state index contributed by atoms with van der Waals surface area (Å²) in [5.41, 5.74) is 1.06. The maximum absolute atomic E-state index is 14.6. The quantitative estimate of drug-likeness (QED) is 0.726. The lowest BCUT2D eigenvalue weighted by Gasteiger charge is -2.39. The Hall–Kier alpha value is -1.69. The zero-order valence-electron chi connectivity index (χ0n) is 18.7. The summed E-state index contributed by atoms with van der Waals surface area (Å²) in [5, 5.41) is 2.75. The fourth-order valence-electron chi connectivity index (χ4n) is 4.74. The van der Waals surface area contributed by atoms with Crippen molar-refractivity contribution in [1.82, 2.24) is 15.2 Å². The maximum Gasteiger partial charge on any atom is 0.270 e. The van der Waals surface area contributed by atoms with Gasteiger partial charge in [0.15, 0.2) is 0 Å². The first-order valence-electron chi connectivity index (χ1n) is 11.2. The fraction of sp³-hybridized carbons (Fsp3) is 0.739. The average Bonchev–Trinajstić information content (AvgIpc) is 3.19. The Kier molecular flexibility index (Phi) is 6.82. The smallest absolute Gasteiger partial charge is 0.270 e. The van der Waals surface area contributed by atoms with Crippen LogP contribution in [0.15, 0.2) is 12.1 Å². The van der Waals surface area contributed by atoms with Crippen LogP contribution in [0.5, 0.6) is 0 Å². The summed E-state index contributed by atoms with van der Waals surface area (Å²) in [4.78, 5) is 20.6. The second kappa shape index (κ2) is 8.99. The normalized spacial score (nSPS) is 23.6. The van der Waals surface area contributed by atoms with Crippen molar-refractivity contribution in [3.05, 3.63) is 23.8 Å². The van der Waals surface area contributed by atoms with Crippen LogP contribution in [0.1, 0.15) is 70.8 Å². The van der Waals surface area contributed by atoms with E-state index >= 15 is 0 Å². The molecule has 1 N–H and O–H groups in total. The number of aromatic nitrogens is 1. The van der Waals surface area contributed by atoms with Crippen LogP contribution in [0.2, 0.25) is 0 Å². The molecule has 1 aromatic rings. The number of anilines is 1. The number of nitrogens with zero attached hydrogens (tertiary/aromatic N) is 3. The number of hydrogen-bond acceptors (Lipinski definition) is 4. The SMILES string of the molecule is CCC(C)(C)C1CCC(N2CCN(c3ccc(C(=O)NC(C)C)nc3F)CC2)C1. The Morgan fingerprint density at radius 1 is 1.24 bits per heavy atom. The largest absolute Gasteiger partial charge is 0.365 e. The minimum Gasteiger partial charge on any atom is -0.365 e. The molecule has 2 heterocycles. The predicted octanol–water partition coefficient (Wildman–Crippen LogP) is 4.09. The van der Waals surface area contributed by atoms with Crippen molar-refractivity contribution in [2.24, 2.45) is 11.3 Å². The van der Waals surface area contributed by atoms with Crippen molar-refractivity contribution in [3.8, 4) is 0 Å². The van der Waals surface area contributed by atoms with Crippen molar-refractivity contribution >= 4 is 11.6 Å². The van der Waals surface area contributed by atoms with Gasteiger partial charge in [-0.05, 0) is 56.6 Å². The summed E-state index contributed by atoms with van der Waals surface area (Å²) in [7, 11) is 0. The van der Waals surface area contributed by atoms with E-state index in [-0.39, 0.29) is 17.6 Å². The molecule has 5 nitrogen and oxygen atoms in total. The lowest BCUT2D eigenvalue weighted by Crippen LogP contribution is -2.50. The molecule has 29 heavy (non-hydrogen) atoms. The topological polar surface area (TPSA) is 48.5 Å². The van der Waals surface area contributed by atoms with Gasteiger partial charge in [-0.15, -0.1) is 0 Å². The van der Waals surface area contributed by atoms with E-state index in [9.17, 15) is 9.18 Å². The first kappa shape index (κ1) is 22.0. The zero-order chi connectivity index (χ0) is 21.2. The fourth-order valence-corrected chi connectivity index (χ4v) is 4.74. The van der Waals surface area contributed by atoms with E-state index < -0.39 is 5.95 Å². The molecule has 0 aromatic carbocycles. The molecule has 1 aromatic heterocycles. The van der Waals surface area contributed by atoms with Gasteiger partial charge in [-0.3, -0.25) is 9.69 Å². The molecule has 0 bridgehead atoms. The van der Waals surface area contributed by atoms with Crippen molar-refractivity contribution in [1.29, 1.82) is 0 Å². The number of carbonyl (C=O) groups is 1. The van der Waals surface area contributed by atoms with E-state index in [0.29, 0.717) is 17.1 Å². The summed E-state index contributed by atoms with van der Waals surface area (Å²) < 4.78 is 14.6. The number of piperazine rings is 1. The van der Waals surface area contributed by atoms with Crippen LogP contribution in [0.3, 0.4) is 0 Å². The summed E-state index contributed by atoms with van der Waals surface area (Å²) in [5.74, 6) is -0.0803. The number of hydrogen-bond donors (Lipinski definition) is 1. The monoisotopic (exact) mass is 404 g/mol. The van der Waals surface area contributed by atoms with Crippen molar-refractivity contribution in [2.75, 3.05) is 31.1 Å². The van der Waals surface area contributed by atoms with Crippen LogP contribution in [0.25, 0.3) is 0 Å². The zero-order valence-corrected chi connectivity index (χ0v) is 18.7. The first-order chi connectivity index (χ1) is 13.7. The highest BCUT2D eigenvalue weighted by Crippen LogP contribution is 2.43. The molecular weight excluding hydrogens is 367 g/mol. The molecule has 1 aliphatic carbocycles. The number of nitrogens with one attached hydrogen (secondary N) is 1. The van der Waals surface area contributed by atoms with Gasteiger partial charge in [0.05, 0.1) is 5.69 Å². The molecule has 2 aliphatic rings. The van der Waals surface area contributed by atoms with E-state index in [1.807, 2.05) is 13.8 Å².